The summed E-state index contributed by atoms with van der Waals surface area (Å²) in [4.78, 5) is 11.9. The van der Waals surface area contributed by atoms with Crippen LogP contribution in [0, 0.1) is 0 Å². The molecular weight excluding hydrogens is 290 g/mol. The first-order valence-corrected chi connectivity index (χ1v) is 7.26. The Morgan fingerprint density at radius 1 is 1.43 bits per heavy atom. The molecule has 0 aliphatic heterocycles. The molecule has 3 rings (SSSR count). The zero-order valence-corrected chi connectivity index (χ0v) is 12.2. The van der Waals surface area contributed by atoms with Gasteiger partial charge in [-0.2, -0.15) is 5.10 Å². The third-order valence-corrected chi connectivity index (χ3v) is 4.16. The number of halogens is 1. The van der Waals surface area contributed by atoms with E-state index in [0.29, 0.717) is 11.6 Å². The van der Waals surface area contributed by atoms with Gasteiger partial charge in [0.1, 0.15) is 5.02 Å². The number of hydrogen-bond acceptors (Lipinski definition) is 4. The van der Waals surface area contributed by atoms with E-state index >= 15 is 0 Å². The summed E-state index contributed by atoms with van der Waals surface area (Å²) < 4.78 is 1.16. The van der Waals surface area contributed by atoms with E-state index in [0.717, 1.165) is 17.6 Å². The number of rotatable bonds is 5. The van der Waals surface area contributed by atoms with E-state index in [4.69, 9.17) is 16.7 Å². The normalized spacial score (nSPS) is 16.2. The number of anilines is 1. The van der Waals surface area contributed by atoms with Crippen LogP contribution >= 0.6 is 11.6 Å². The van der Waals surface area contributed by atoms with Crippen LogP contribution in [0.15, 0.2) is 35.3 Å². The maximum absolute atomic E-state index is 11.9. The van der Waals surface area contributed by atoms with Crippen molar-refractivity contribution in [2.24, 2.45) is 0 Å². The Kier molecular flexibility index (Phi) is 3.94. The lowest BCUT2D eigenvalue weighted by Crippen LogP contribution is -2.28. The quantitative estimate of drug-likeness (QED) is 0.881. The van der Waals surface area contributed by atoms with Crippen LogP contribution < -0.4 is 10.9 Å². The Hall–Kier alpha value is -1.85. The third-order valence-electron chi connectivity index (χ3n) is 3.80. The molecule has 1 aromatic carbocycles. The zero-order valence-electron chi connectivity index (χ0n) is 11.4. The van der Waals surface area contributed by atoms with Crippen LogP contribution in [0.4, 0.5) is 5.69 Å². The number of aromatic nitrogens is 2. The highest BCUT2D eigenvalue weighted by molar-refractivity contribution is 6.32. The zero-order chi connectivity index (χ0) is 14.8. The smallest absolute Gasteiger partial charge is 0.287 e. The summed E-state index contributed by atoms with van der Waals surface area (Å²) in [7, 11) is 0. The fourth-order valence-corrected chi connectivity index (χ4v) is 2.83. The Balaban J connectivity index is 1.70. The van der Waals surface area contributed by atoms with Crippen molar-refractivity contribution >= 4 is 17.3 Å². The summed E-state index contributed by atoms with van der Waals surface area (Å²) in [6.07, 6.45) is 2.57. The van der Waals surface area contributed by atoms with Crippen molar-refractivity contribution < 1.29 is 5.11 Å². The largest absolute Gasteiger partial charge is 0.394 e. The summed E-state index contributed by atoms with van der Waals surface area (Å²) in [6.45, 7) is 0.728. The molecule has 0 spiro atoms. The number of benzene rings is 1. The highest BCUT2D eigenvalue weighted by Crippen LogP contribution is 2.34. The summed E-state index contributed by atoms with van der Waals surface area (Å²) in [5.74, 6) is 0.442. The molecular formula is C15H16ClN3O2. The number of aliphatic hydroxyl groups is 1. The van der Waals surface area contributed by atoms with Crippen molar-refractivity contribution in [3.8, 4) is 0 Å². The average Bonchev–Trinajstić information content (AvgIpc) is 2.47. The van der Waals surface area contributed by atoms with Gasteiger partial charge in [-0.15, -0.1) is 0 Å². The van der Waals surface area contributed by atoms with E-state index in [-0.39, 0.29) is 23.7 Å². The fourth-order valence-electron chi connectivity index (χ4n) is 2.62. The van der Waals surface area contributed by atoms with Gasteiger partial charge in [-0.3, -0.25) is 4.79 Å². The number of aliphatic hydroxyl groups excluding tert-OH is 1. The van der Waals surface area contributed by atoms with E-state index in [1.54, 1.807) is 0 Å². The van der Waals surface area contributed by atoms with Crippen LogP contribution in [0.1, 0.15) is 17.0 Å². The van der Waals surface area contributed by atoms with Gasteiger partial charge in [-0.1, -0.05) is 35.9 Å². The summed E-state index contributed by atoms with van der Waals surface area (Å²) in [6, 6.07) is 8.35. The first kappa shape index (κ1) is 14.1. The minimum absolute atomic E-state index is 0.117. The first-order valence-electron chi connectivity index (χ1n) is 6.89. The van der Waals surface area contributed by atoms with Crippen LogP contribution in [0.3, 0.4) is 0 Å². The van der Waals surface area contributed by atoms with Gasteiger partial charge >= 0.3 is 0 Å². The highest BCUT2D eigenvalue weighted by atomic mass is 35.5. The molecule has 0 bridgehead atoms. The molecule has 1 aliphatic carbocycles. The van der Waals surface area contributed by atoms with E-state index in [2.05, 4.69) is 22.5 Å². The fraction of sp³-hybridized carbons (Fsp3) is 0.333. The molecule has 2 N–H and O–H groups in total. The van der Waals surface area contributed by atoms with Crippen molar-refractivity contribution in [2.45, 2.75) is 18.9 Å². The molecule has 0 amide bonds. The predicted octanol–water partition coefficient (Wildman–Crippen LogP) is 1.64. The lowest BCUT2D eigenvalue weighted by Gasteiger charge is -2.30. The van der Waals surface area contributed by atoms with E-state index < -0.39 is 0 Å². The van der Waals surface area contributed by atoms with Gasteiger partial charge < -0.3 is 10.4 Å². The maximum atomic E-state index is 11.9. The van der Waals surface area contributed by atoms with Gasteiger partial charge in [0.05, 0.1) is 25.0 Å². The van der Waals surface area contributed by atoms with Gasteiger partial charge in [0.25, 0.3) is 5.56 Å². The van der Waals surface area contributed by atoms with Crippen LogP contribution in [-0.4, -0.2) is 28.0 Å². The van der Waals surface area contributed by atoms with Crippen molar-refractivity contribution in [3.05, 3.63) is 57.0 Å². The number of nitrogens with one attached hydrogen (secondary N) is 1. The van der Waals surface area contributed by atoms with Crippen molar-refractivity contribution in [2.75, 3.05) is 18.5 Å². The average molecular weight is 306 g/mol. The Bertz CT molecular complexity index is 714. The van der Waals surface area contributed by atoms with Gasteiger partial charge in [-0.05, 0) is 17.5 Å². The molecule has 1 atom stereocenters. The lowest BCUT2D eigenvalue weighted by molar-refractivity contribution is 0.266. The molecule has 1 unspecified atom stereocenters. The van der Waals surface area contributed by atoms with Crippen molar-refractivity contribution in [1.29, 1.82) is 0 Å². The molecule has 6 heteroatoms. The molecule has 0 radical (unpaired) electrons. The predicted molar refractivity (Wildman–Crippen MR) is 82.0 cm³/mol. The topological polar surface area (TPSA) is 67.2 Å². The molecule has 110 valence electrons. The van der Waals surface area contributed by atoms with Gasteiger partial charge in [0.2, 0.25) is 0 Å². The van der Waals surface area contributed by atoms with Crippen LogP contribution in [-0.2, 0) is 13.0 Å². The van der Waals surface area contributed by atoms with Gasteiger partial charge in [-0.25, -0.2) is 4.68 Å². The molecule has 1 aromatic heterocycles. The minimum atomic E-state index is -0.385. The van der Waals surface area contributed by atoms with Crippen LogP contribution in [0.5, 0.6) is 0 Å². The van der Waals surface area contributed by atoms with Gasteiger partial charge in [0.15, 0.2) is 0 Å². The number of hydrogen-bond donors (Lipinski definition) is 2. The molecule has 2 aromatic rings. The molecule has 0 saturated heterocycles. The Morgan fingerprint density at radius 3 is 3.00 bits per heavy atom. The van der Waals surface area contributed by atoms with E-state index in [1.165, 1.54) is 17.3 Å². The third kappa shape index (κ3) is 2.66. The maximum Gasteiger partial charge on any atom is 0.287 e. The van der Waals surface area contributed by atoms with Crippen LogP contribution in [0.25, 0.3) is 0 Å². The molecule has 1 aliphatic rings. The minimum Gasteiger partial charge on any atom is -0.394 e. The van der Waals surface area contributed by atoms with Crippen LogP contribution in [0.2, 0.25) is 5.02 Å². The second-order valence-corrected chi connectivity index (χ2v) is 5.48. The highest BCUT2D eigenvalue weighted by Gasteiger charge is 2.25. The summed E-state index contributed by atoms with van der Waals surface area (Å²) >= 11 is 6.06. The van der Waals surface area contributed by atoms with Crippen molar-refractivity contribution in [3.63, 3.8) is 0 Å². The monoisotopic (exact) mass is 305 g/mol. The first-order chi connectivity index (χ1) is 10.2. The molecule has 0 saturated carbocycles. The number of fused-ring (bicyclic) bond motifs is 1. The molecule has 1 heterocycles. The van der Waals surface area contributed by atoms with Gasteiger partial charge in [0, 0.05) is 12.5 Å². The summed E-state index contributed by atoms with van der Waals surface area (Å²) in [5, 5.41) is 16.2. The Labute approximate surface area is 127 Å². The van der Waals surface area contributed by atoms with Crippen molar-refractivity contribution in [1.82, 2.24) is 9.78 Å². The SMILES string of the molecule is O=c1c(Cl)c(NCC2Cc3ccccc32)cnn1CCO. The van der Waals surface area contributed by atoms with E-state index in [9.17, 15) is 4.79 Å². The Morgan fingerprint density at radius 2 is 2.24 bits per heavy atom. The standard InChI is InChI=1S/C15H16ClN3O2/c16-14-13(9-18-19(5-6-20)15(14)21)17-8-11-7-10-3-1-2-4-12(10)11/h1-4,9,11,17,20H,5-8H2. The second kappa shape index (κ2) is 5.87. The lowest BCUT2D eigenvalue weighted by atomic mass is 9.77. The molecule has 0 fully saturated rings. The summed E-state index contributed by atoms with van der Waals surface area (Å²) in [5.41, 5.74) is 2.89. The number of nitrogens with zero attached hydrogens (tertiary/aromatic N) is 2. The molecule has 21 heavy (non-hydrogen) atoms. The second-order valence-electron chi connectivity index (χ2n) is 5.10. The van der Waals surface area contributed by atoms with E-state index in [1.807, 2.05) is 12.1 Å². The molecule has 5 nitrogen and oxygen atoms in total.